The molecule has 0 atom stereocenters. The van der Waals surface area contributed by atoms with Crippen molar-refractivity contribution in [1.29, 1.82) is 0 Å². The Morgan fingerprint density at radius 1 is 0.844 bits per heavy atom. The molecule has 0 unspecified atom stereocenters. The van der Waals surface area contributed by atoms with Gasteiger partial charge in [-0.05, 0) is 73.8 Å². The second-order valence-corrected chi connectivity index (χ2v) is 8.24. The molecule has 1 aromatic carbocycles. The number of benzene rings is 1. The van der Waals surface area contributed by atoms with Gasteiger partial charge in [0.1, 0.15) is 5.82 Å². The summed E-state index contributed by atoms with van der Waals surface area (Å²) in [7, 11) is 0. The molecule has 0 bridgehead atoms. The first-order valence-corrected chi connectivity index (χ1v) is 11.1. The first-order chi connectivity index (χ1) is 15.8. The Bertz CT molecular complexity index is 1120. The Labute approximate surface area is 188 Å². The molecule has 162 valence electrons. The van der Waals surface area contributed by atoms with E-state index in [1.807, 2.05) is 53.5 Å². The van der Waals surface area contributed by atoms with E-state index in [0.717, 1.165) is 55.4 Å². The van der Waals surface area contributed by atoms with Crippen LogP contribution in [0.15, 0.2) is 79.3 Å². The highest BCUT2D eigenvalue weighted by atomic mass is 15.4. The van der Waals surface area contributed by atoms with Gasteiger partial charge in [-0.1, -0.05) is 29.5 Å². The first-order valence-electron chi connectivity index (χ1n) is 11.1. The number of piperidine rings is 1. The van der Waals surface area contributed by atoms with Crippen LogP contribution in [0, 0.1) is 0 Å². The monoisotopic (exact) mass is 425 g/mol. The minimum absolute atomic E-state index is 0.580. The zero-order valence-electron chi connectivity index (χ0n) is 18.0. The van der Waals surface area contributed by atoms with Gasteiger partial charge in [-0.3, -0.25) is 9.88 Å². The molecular weight excluding hydrogens is 398 g/mol. The van der Waals surface area contributed by atoms with Crippen molar-refractivity contribution in [3.63, 3.8) is 0 Å². The van der Waals surface area contributed by atoms with Crippen LogP contribution in [0.5, 0.6) is 0 Å². The summed E-state index contributed by atoms with van der Waals surface area (Å²) in [6, 6.07) is 20.6. The van der Waals surface area contributed by atoms with Crippen LogP contribution in [0.25, 0.3) is 0 Å². The van der Waals surface area contributed by atoms with Gasteiger partial charge in [-0.2, -0.15) is 0 Å². The quantitative estimate of drug-likeness (QED) is 0.478. The van der Waals surface area contributed by atoms with Crippen molar-refractivity contribution in [2.24, 2.45) is 0 Å². The van der Waals surface area contributed by atoms with E-state index in [0.29, 0.717) is 12.5 Å². The van der Waals surface area contributed by atoms with Gasteiger partial charge in [0.2, 0.25) is 0 Å². The third-order valence-corrected chi connectivity index (χ3v) is 5.90. The van der Waals surface area contributed by atoms with Crippen molar-refractivity contribution in [2.45, 2.75) is 31.8 Å². The molecular formula is C25H27N7. The maximum atomic E-state index is 4.36. The summed E-state index contributed by atoms with van der Waals surface area (Å²) < 4.78 is 1.87. The summed E-state index contributed by atoms with van der Waals surface area (Å²) in [5, 5.41) is 12.0. The number of likely N-dealkylation sites (tertiary alicyclic amines) is 1. The van der Waals surface area contributed by atoms with Crippen molar-refractivity contribution in [1.82, 2.24) is 29.9 Å². The number of nitrogens with one attached hydrogen (secondary N) is 1. The molecule has 0 aliphatic carbocycles. The van der Waals surface area contributed by atoms with Gasteiger partial charge in [-0.25, -0.2) is 9.67 Å². The van der Waals surface area contributed by atoms with E-state index in [9.17, 15) is 0 Å². The average Bonchev–Trinajstić information content (AvgIpc) is 3.27. The van der Waals surface area contributed by atoms with E-state index in [1.165, 1.54) is 5.56 Å². The number of aromatic nitrogens is 5. The lowest BCUT2D eigenvalue weighted by Gasteiger charge is -2.31. The minimum Gasteiger partial charge on any atom is -0.340 e. The van der Waals surface area contributed by atoms with Gasteiger partial charge < -0.3 is 5.32 Å². The Morgan fingerprint density at radius 3 is 2.47 bits per heavy atom. The maximum Gasteiger partial charge on any atom is 0.130 e. The molecule has 7 heteroatoms. The molecule has 1 N–H and O–H groups in total. The standard InChI is InChI=1S/C25H27N7/c1-3-12-26-23(7-1)18-32-19-24(29-30-32)17-31-14-10-20(11-15-31)21-6-5-8-22(16-21)28-25-9-2-4-13-27-25/h1-9,12-13,16,19-20H,10-11,14-15,17-18H2,(H,27,28). The number of hydrogen-bond acceptors (Lipinski definition) is 6. The first kappa shape index (κ1) is 20.3. The summed E-state index contributed by atoms with van der Waals surface area (Å²) in [6.45, 7) is 3.63. The highest BCUT2D eigenvalue weighted by Gasteiger charge is 2.21. The molecule has 32 heavy (non-hydrogen) atoms. The molecule has 1 aliphatic heterocycles. The van der Waals surface area contributed by atoms with Gasteiger partial charge in [0.15, 0.2) is 0 Å². The summed E-state index contributed by atoms with van der Waals surface area (Å²) in [5.74, 6) is 1.45. The normalized spacial score (nSPS) is 15.0. The van der Waals surface area contributed by atoms with Gasteiger partial charge in [-0.15, -0.1) is 5.10 Å². The third-order valence-electron chi connectivity index (χ3n) is 5.90. The van der Waals surface area contributed by atoms with Crippen LogP contribution >= 0.6 is 0 Å². The number of anilines is 2. The SMILES string of the molecule is c1ccc(Cn2cc(CN3CCC(c4cccc(Nc5ccccn5)c4)CC3)nn2)nc1. The summed E-state index contributed by atoms with van der Waals surface area (Å²) in [4.78, 5) is 11.2. The van der Waals surface area contributed by atoms with Crippen molar-refractivity contribution in [3.05, 3.63) is 96.2 Å². The third kappa shape index (κ3) is 5.18. The molecule has 5 rings (SSSR count). The molecule has 0 saturated carbocycles. The fourth-order valence-corrected chi connectivity index (χ4v) is 4.25. The summed E-state index contributed by atoms with van der Waals surface area (Å²) in [5.41, 5.74) is 4.49. The Kier molecular flexibility index (Phi) is 6.16. The van der Waals surface area contributed by atoms with E-state index in [-0.39, 0.29) is 0 Å². The molecule has 1 saturated heterocycles. The van der Waals surface area contributed by atoms with Crippen LogP contribution in [0.2, 0.25) is 0 Å². The van der Waals surface area contributed by atoms with Crippen LogP contribution in [0.1, 0.15) is 35.7 Å². The largest absolute Gasteiger partial charge is 0.340 e. The fraction of sp³-hybridized carbons (Fsp3) is 0.280. The Morgan fingerprint density at radius 2 is 1.69 bits per heavy atom. The predicted molar refractivity (Wildman–Crippen MR) is 125 cm³/mol. The van der Waals surface area contributed by atoms with E-state index < -0.39 is 0 Å². The van der Waals surface area contributed by atoms with Crippen molar-refractivity contribution in [2.75, 3.05) is 18.4 Å². The number of pyridine rings is 2. The van der Waals surface area contributed by atoms with Crippen molar-refractivity contribution >= 4 is 11.5 Å². The molecule has 1 aliphatic rings. The minimum atomic E-state index is 0.580. The molecule has 3 aromatic heterocycles. The van der Waals surface area contributed by atoms with Crippen molar-refractivity contribution in [3.8, 4) is 0 Å². The van der Waals surface area contributed by atoms with E-state index in [4.69, 9.17) is 0 Å². The molecule has 7 nitrogen and oxygen atoms in total. The van der Waals surface area contributed by atoms with Gasteiger partial charge in [0, 0.05) is 24.6 Å². The molecule has 1 fully saturated rings. The van der Waals surface area contributed by atoms with E-state index in [1.54, 1.807) is 6.20 Å². The zero-order valence-corrected chi connectivity index (χ0v) is 18.0. The van der Waals surface area contributed by atoms with E-state index in [2.05, 4.69) is 54.8 Å². The molecule has 0 spiro atoms. The molecule has 0 amide bonds. The van der Waals surface area contributed by atoms with Gasteiger partial charge >= 0.3 is 0 Å². The van der Waals surface area contributed by atoms with Crippen LogP contribution in [-0.4, -0.2) is 43.0 Å². The zero-order chi connectivity index (χ0) is 21.6. The second-order valence-electron chi connectivity index (χ2n) is 8.24. The number of hydrogen-bond donors (Lipinski definition) is 1. The van der Waals surface area contributed by atoms with Gasteiger partial charge in [0.25, 0.3) is 0 Å². The fourth-order valence-electron chi connectivity index (χ4n) is 4.25. The predicted octanol–water partition coefficient (Wildman–Crippen LogP) is 4.24. The molecule has 4 heterocycles. The van der Waals surface area contributed by atoms with Crippen molar-refractivity contribution < 1.29 is 0 Å². The van der Waals surface area contributed by atoms with Crippen LogP contribution in [-0.2, 0) is 13.1 Å². The number of rotatable bonds is 7. The van der Waals surface area contributed by atoms with Crippen LogP contribution < -0.4 is 5.32 Å². The Hall–Kier alpha value is -3.58. The number of nitrogens with zero attached hydrogens (tertiary/aromatic N) is 6. The lowest BCUT2D eigenvalue weighted by atomic mass is 9.89. The lowest BCUT2D eigenvalue weighted by Crippen LogP contribution is -2.32. The summed E-state index contributed by atoms with van der Waals surface area (Å²) in [6.07, 6.45) is 7.94. The molecule has 0 radical (unpaired) electrons. The highest BCUT2D eigenvalue weighted by Crippen LogP contribution is 2.30. The molecule has 4 aromatic rings. The second kappa shape index (κ2) is 9.70. The summed E-state index contributed by atoms with van der Waals surface area (Å²) >= 11 is 0. The lowest BCUT2D eigenvalue weighted by molar-refractivity contribution is 0.202. The average molecular weight is 426 g/mol. The Balaban J connectivity index is 1.14. The van der Waals surface area contributed by atoms with Gasteiger partial charge in [0.05, 0.1) is 24.1 Å². The van der Waals surface area contributed by atoms with Crippen LogP contribution in [0.4, 0.5) is 11.5 Å². The van der Waals surface area contributed by atoms with Crippen LogP contribution in [0.3, 0.4) is 0 Å². The highest BCUT2D eigenvalue weighted by molar-refractivity contribution is 5.57. The maximum absolute atomic E-state index is 4.36. The van der Waals surface area contributed by atoms with E-state index >= 15 is 0 Å². The smallest absolute Gasteiger partial charge is 0.130 e. The topological polar surface area (TPSA) is 71.8 Å².